The average molecular weight is 336 g/mol. The van der Waals surface area contributed by atoms with Crippen LogP contribution < -0.4 is 10.5 Å². The van der Waals surface area contributed by atoms with Gasteiger partial charge < -0.3 is 5.32 Å². The zero-order valence-electron chi connectivity index (χ0n) is 11.6. The van der Waals surface area contributed by atoms with Gasteiger partial charge in [-0.1, -0.05) is 0 Å². The van der Waals surface area contributed by atoms with Gasteiger partial charge in [0.15, 0.2) is 0 Å². The van der Waals surface area contributed by atoms with E-state index in [2.05, 4.69) is 5.32 Å². The summed E-state index contributed by atoms with van der Waals surface area (Å²) in [6, 6.07) is 2.69. The highest BCUT2D eigenvalue weighted by atomic mass is 32.2. The minimum Gasteiger partial charge on any atom is -0.350 e. The van der Waals surface area contributed by atoms with Crippen molar-refractivity contribution in [2.24, 2.45) is 5.14 Å². The summed E-state index contributed by atoms with van der Waals surface area (Å²) in [5, 5.41) is 7.49. The van der Waals surface area contributed by atoms with Crippen LogP contribution in [0.3, 0.4) is 0 Å². The predicted octanol–water partition coefficient (Wildman–Crippen LogP) is 0.360. The molecule has 0 fully saturated rings. The molecule has 0 spiro atoms. The molecular weight excluding hydrogens is 319 g/mol. The third-order valence-electron chi connectivity index (χ3n) is 2.72. The minimum absolute atomic E-state index is 0.00936. The van der Waals surface area contributed by atoms with Gasteiger partial charge >= 0.3 is 0 Å². The Morgan fingerprint density at radius 1 is 1.48 bits per heavy atom. The molecule has 2 atom stereocenters. The quantitative estimate of drug-likeness (QED) is 0.782. The van der Waals surface area contributed by atoms with E-state index in [0.717, 1.165) is 12.1 Å². The molecule has 0 bridgehead atoms. The molecule has 0 saturated carbocycles. The Hall–Kier alpha value is -1.32. The van der Waals surface area contributed by atoms with Crippen LogP contribution in [0.15, 0.2) is 23.1 Å². The first-order valence-corrected chi connectivity index (χ1v) is 9.32. The number of hydrogen-bond acceptors (Lipinski definition) is 4. The summed E-state index contributed by atoms with van der Waals surface area (Å²) in [7, 11) is -5.20. The number of halogens is 1. The van der Waals surface area contributed by atoms with Crippen molar-refractivity contribution in [3.05, 3.63) is 29.6 Å². The van der Waals surface area contributed by atoms with Crippen LogP contribution in [0.1, 0.15) is 23.7 Å². The molecule has 6 nitrogen and oxygen atoms in total. The molecular formula is C12H17FN2O4S2. The van der Waals surface area contributed by atoms with E-state index in [4.69, 9.17) is 5.14 Å². The Morgan fingerprint density at radius 3 is 2.62 bits per heavy atom. The van der Waals surface area contributed by atoms with Crippen LogP contribution in [0.2, 0.25) is 0 Å². The Kier molecular flexibility index (Phi) is 5.99. The summed E-state index contributed by atoms with van der Waals surface area (Å²) in [6.07, 6.45) is 2.07. The van der Waals surface area contributed by atoms with Crippen molar-refractivity contribution in [2.75, 3.05) is 12.0 Å². The van der Waals surface area contributed by atoms with Gasteiger partial charge in [0.1, 0.15) is 10.7 Å². The molecule has 0 aliphatic rings. The number of primary sulfonamides is 1. The summed E-state index contributed by atoms with van der Waals surface area (Å²) in [5.41, 5.74) is -0.00936. The van der Waals surface area contributed by atoms with Crippen molar-refractivity contribution < 1.29 is 21.8 Å². The summed E-state index contributed by atoms with van der Waals surface area (Å²) in [6.45, 7) is 1.73. The van der Waals surface area contributed by atoms with Crippen LogP contribution in [0.4, 0.5) is 4.39 Å². The second-order valence-electron chi connectivity index (χ2n) is 4.63. The molecule has 0 heterocycles. The van der Waals surface area contributed by atoms with E-state index in [-0.39, 0.29) is 11.6 Å². The molecule has 1 rings (SSSR count). The van der Waals surface area contributed by atoms with Crippen LogP contribution >= 0.6 is 0 Å². The van der Waals surface area contributed by atoms with E-state index in [1.54, 1.807) is 13.2 Å². The summed E-state index contributed by atoms with van der Waals surface area (Å²) < 4.78 is 46.7. The normalized spacial score (nSPS) is 14.5. The lowest BCUT2D eigenvalue weighted by Gasteiger charge is -2.13. The van der Waals surface area contributed by atoms with E-state index in [1.807, 2.05) is 0 Å². The highest BCUT2D eigenvalue weighted by Gasteiger charge is 2.18. The topological polar surface area (TPSA) is 106 Å². The fraction of sp³-hybridized carbons (Fsp3) is 0.417. The number of nitrogens with one attached hydrogen (secondary N) is 1. The van der Waals surface area contributed by atoms with Gasteiger partial charge in [-0.3, -0.25) is 9.00 Å². The van der Waals surface area contributed by atoms with Crippen LogP contribution in [-0.2, 0) is 20.8 Å². The molecule has 1 amide bonds. The van der Waals surface area contributed by atoms with E-state index in [0.29, 0.717) is 12.2 Å². The van der Waals surface area contributed by atoms with Crippen LogP contribution in [0.5, 0.6) is 0 Å². The highest BCUT2D eigenvalue weighted by molar-refractivity contribution is 7.89. The van der Waals surface area contributed by atoms with Gasteiger partial charge in [0.2, 0.25) is 10.0 Å². The Labute approximate surface area is 125 Å². The zero-order chi connectivity index (χ0) is 16.2. The summed E-state index contributed by atoms with van der Waals surface area (Å²) in [5.74, 6) is -1.12. The number of sulfonamides is 1. The number of nitrogens with two attached hydrogens (primary N) is 1. The predicted molar refractivity (Wildman–Crippen MR) is 78.3 cm³/mol. The van der Waals surface area contributed by atoms with Gasteiger partial charge in [-0.05, 0) is 31.5 Å². The highest BCUT2D eigenvalue weighted by Crippen LogP contribution is 2.15. The van der Waals surface area contributed by atoms with E-state index >= 15 is 0 Å². The molecule has 2 unspecified atom stereocenters. The molecule has 21 heavy (non-hydrogen) atoms. The smallest absolute Gasteiger partial charge is 0.251 e. The number of hydrogen-bond donors (Lipinski definition) is 2. The van der Waals surface area contributed by atoms with Crippen molar-refractivity contribution in [2.45, 2.75) is 24.3 Å². The monoisotopic (exact) mass is 336 g/mol. The third kappa shape index (κ3) is 5.52. The number of rotatable bonds is 6. The van der Waals surface area contributed by atoms with Crippen molar-refractivity contribution >= 4 is 26.7 Å². The minimum atomic E-state index is -4.23. The molecule has 1 aromatic carbocycles. The second-order valence-corrected chi connectivity index (χ2v) is 7.72. The van der Waals surface area contributed by atoms with Crippen LogP contribution in [0, 0.1) is 5.82 Å². The van der Waals surface area contributed by atoms with E-state index in [9.17, 15) is 21.8 Å². The van der Waals surface area contributed by atoms with Gasteiger partial charge in [-0.2, -0.15) is 0 Å². The molecule has 0 aliphatic heterocycles. The molecule has 3 N–H and O–H groups in total. The van der Waals surface area contributed by atoms with Crippen LogP contribution in [-0.4, -0.2) is 36.6 Å². The largest absolute Gasteiger partial charge is 0.350 e. The van der Waals surface area contributed by atoms with Crippen molar-refractivity contribution in [1.82, 2.24) is 5.32 Å². The number of carbonyl (C=O) groups is 1. The van der Waals surface area contributed by atoms with E-state index in [1.165, 1.54) is 6.07 Å². The van der Waals surface area contributed by atoms with Gasteiger partial charge in [0.25, 0.3) is 5.91 Å². The van der Waals surface area contributed by atoms with Crippen molar-refractivity contribution in [1.29, 1.82) is 0 Å². The Balaban J connectivity index is 2.87. The van der Waals surface area contributed by atoms with E-state index < -0.39 is 37.4 Å². The van der Waals surface area contributed by atoms with Gasteiger partial charge in [-0.15, -0.1) is 0 Å². The molecule has 1 aromatic rings. The lowest BCUT2D eigenvalue weighted by Crippen LogP contribution is -2.33. The maximum Gasteiger partial charge on any atom is 0.251 e. The molecule has 0 aromatic heterocycles. The lowest BCUT2D eigenvalue weighted by atomic mass is 10.2. The zero-order valence-corrected chi connectivity index (χ0v) is 13.3. The first-order chi connectivity index (χ1) is 9.61. The maximum absolute atomic E-state index is 13.4. The average Bonchev–Trinajstić information content (AvgIpc) is 2.35. The fourth-order valence-electron chi connectivity index (χ4n) is 1.58. The Bertz CT molecular complexity index is 661. The fourth-order valence-corrected chi connectivity index (χ4v) is 2.90. The van der Waals surface area contributed by atoms with Gasteiger partial charge in [-0.25, -0.2) is 17.9 Å². The summed E-state index contributed by atoms with van der Waals surface area (Å²) >= 11 is 0. The van der Waals surface area contributed by atoms with Crippen LogP contribution in [0.25, 0.3) is 0 Å². The maximum atomic E-state index is 13.4. The van der Waals surface area contributed by atoms with Gasteiger partial charge in [0, 0.05) is 34.4 Å². The second kappa shape index (κ2) is 7.10. The molecule has 0 aliphatic carbocycles. The standard InChI is InChI=1S/C12H17FN2O4S2/c1-8(5-6-20(2)17)15-12(16)9-3-4-10(13)11(7-9)21(14,18)19/h3-4,7-8H,5-6H2,1-2H3,(H,15,16)(H2,14,18,19). The molecule has 0 saturated heterocycles. The number of carbonyl (C=O) groups excluding carboxylic acids is 1. The first-order valence-electron chi connectivity index (χ1n) is 6.04. The van der Waals surface area contributed by atoms with Gasteiger partial charge in [0.05, 0.1) is 0 Å². The Morgan fingerprint density at radius 2 is 2.10 bits per heavy atom. The lowest BCUT2D eigenvalue weighted by molar-refractivity contribution is 0.0939. The summed E-state index contributed by atoms with van der Waals surface area (Å²) in [4.78, 5) is 11.2. The van der Waals surface area contributed by atoms with Crippen molar-refractivity contribution in [3.63, 3.8) is 0 Å². The number of benzene rings is 1. The SMILES string of the molecule is CC(CCS(C)=O)NC(=O)c1ccc(F)c(S(N)(=O)=O)c1. The number of amides is 1. The molecule has 9 heteroatoms. The molecule has 118 valence electrons. The molecule has 0 radical (unpaired) electrons. The third-order valence-corrected chi connectivity index (χ3v) is 4.45. The first kappa shape index (κ1) is 17.7. The van der Waals surface area contributed by atoms with Crippen molar-refractivity contribution in [3.8, 4) is 0 Å².